The van der Waals surface area contributed by atoms with Crippen LogP contribution in [0.15, 0.2) is 48.6 Å². The van der Waals surface area contributed by atoms with E-state index in [0.29, 0.717) is 30.9 Å². The predicted octanol–water partition coefficient (Wildman–Crippen LogP) is 8.79. The molecule has 2 rings (SSSR count). The van der Waals surface area contributed by atoms with E-state index in [-0.39, 0.29) is 11.8 Å². The van der Waals surface area contributed by atoms with Crippen molar-refractivity contribution < 1.29 is 19.1 Å². The number of amides is 2. The number of hydrogen-bond acceptors (Lipinski definition) is 4. The molecular formula is C33H55NO4. The standard InChI is InChI=1S/C28H41NO3.C3H8O.C2H6/c1-2-3-4-5-6-7-8-9-10-11-12-13-14-15-16-19-23-32-24-22-29-27(30)25-20-17-18-21-26(25)28(29)31;1-3-4-2;1-2/h6-7,9-10,17-18,20-21H,2-5,8,11-16,19,22-24H2,1H3;3H2,1-2H3;1-2H3/b7-6-,10-9-;;. The van der Waals surface area contributed by atoms with Crippen molar-refractivity contribution in [3.63, 3.8) is 0 Å². The Kier molecular flexibility index (Phi) is 24.8. The van der Waals surface area contributed by atoms with Crippen molar-refractivity contribution in [3.8, 4) is 0 Å². The van der Waals surface area contributed by atoms with Crippen LogP contribution >= 0.6 is 0 Å². The summed E-state index contributed by atoms with van der Waals surface area (Å²) in [6.45, 7) is 10.4. The largest absolute Gasteiger partial charge is 0.385 e. The first-order valence-electron chi connectivity index (χ1n) is 15.0. The van der Waals surface area contributed by atoms with Crippen LogP contribution in [0.1, 0.15) is 125 Å². The number of ether oxygens (including phenoxy) is 2. The van der Waals surface area contributed by atoms with Gasteiger partial charge in [-0.3, -0.25) is 14.5 Å². The highest BCUT2D eigenvalue weighted by molar-refractivity contribution is 6.21. The second kappa shape index (κ2) is 26.4. The van der Waals surface area contributed by atoms with Crippen LogP contribution in [-0.4, -0.2) is 50.2 Å². The van der Waals surface area contributed by atoms with E-state index < -0.39 is 0 Å². The van der Waals surface area contributed by atoms with E-state index in [1.165, 1.54) is 69.1 Å². The van der Waals surface area contributed by atoms with Gasteiger partial charge < -0.3 is 9.47 Å². The molecule has 0 saturated heterocycles. The average molecular weight is 530 g/mol. The van der Waals surface area contributed by atoms with Crippen LogP contribution in [0, 0.1) is 0 Å². The van der Waals surface area contributed by atoms with E-state index in [4.69, 9.17) is 4.74 Å². The number of fused-ring (bicyclic) bond motifs is 1. The van der Waals surface area contributed by atoms with Gasteiger partial charge >= 0.3 is 0 Å². The third-order valence-corrected chi connectivity index (χ3v) is 6.12. The van der Waals surface area contributed by atoms with Gasteiger partial charge in [-0.05, 0) is 57.6 Å². The van der Waals surface area contributed by atoms with Crippen LogP contribution in [0.2, 0.25) is 0 Å². The van der Waals surface area contributed by atoms with Crippen molar-refractivity contribution in [3.05, 3.63) is 59.7 Å². The molecule has 1 aromatic rings. The molecule has 0 saturated carbocycles. The second-order valence-corrected chi connectivity index (χ2v) is 9.08. The fraction of sp³-hybridized carbons (Fsp3) is 0.636. The molecule has 0 radical (unpaired) electrons. The fourth-order valence-electron chi connectivity index (χ4n) is 3.89. The predicted molar refractivity (Wildman–Crippen MR) is 161 cm³/mol. The summed E-state index contributed by atoms with van der Waals surface area (Å²) in [5.41, 5.74) is 1.00. The van der Waals surface area contributed by atoms with E-state index >= 15 is 0 Å². The summed E-state index contributed by atoms with van der Waals surface area (Å²) in [5.74, 6) is -0.411. The zero-order chi connectivity index (χ0) is 28.3. The highest BCUT2D eigenvalue weighted by Crippen LogP contribution is 2.21. The van der Waals surface area contributed by atoms with Gasteiger partial charge in [-0.25, -0.2) is 0 Å². The smallest absolute Gasteiger partial charge is 0.261 e. The van der Waals surface area contributed by atoms with Crippen molar-refractivity contribution in [2.45, 2.75) is 105 Å². The molecule has 0 aliphatic carbocycles. The van der Waals surface area contributed by atoms with Crippen molar-refractivity contribution in [2.75, 3.05) is 33.5 Å². The van der Waals surface area contributed by atoms with Crippen molar-refractivity contribution >= 4 is 11.8 Å². The quantitative estimate of drug-likeness (QED) is 0.102. The molecule has 0 fully saturated rings. The molecule has 0 unspecified atom stereocenters. The fourth-order valence-corrected chi connectivity index (χ4v) is 3.89. The molecule has 1 aliphatic heterocycles. The molecular weight excluding hydrogens is 474 g/mol. The third kappa shape index (κ3) is 16.6. The summed E-state index contributed by atoms with van der Waals surface area (Å²) in [7, 11) is 1.68. The molecule has 1 heterocycles. The Morgan fingerprint density at radius 2 is 1.21 bits per heavy atom. The molecule has 216 valence electrons. The summed E-state index contributed by atoms with van der Waals surface area (Å²) in [6, 6.07) is 6.99. The number of carbonyl (C=O) groups excluding carboxylic acids is 2. The molecule has 0 N–H and O–H groups in total. The number of allylic oxidation sites excluding steroid dienone is 4. The average Bonchev–Trinajstić information content (AvgIpc) is 3.20. The van der Waals surface area contributed by atoms with Crippen LogP contribution in [0.4, 0.5) is 0 Å². The van der Waals surface area contributed by atoms with Gasteiger partial charge in [-0.15, -0.1) is 0 Å². The topological polar surface area (TPSA) is 55.8 Å². The highest BCUT2D eigenvalue weighted by atomic mass is 16.5. The highest BCUT2D eigenvalue weighted by Gasteiger charge is 2.34. The normalized spacial score (nSPS) is 12.5. The van der Waals surface area contributed by atoms with E-state index in [1.807, 2.05) is 20.8 Å². The first-order valence-corrected chi connectivity index (χ1v) is 15.0. The minimum absolute atomic E-state index is 0.206. The first-order chi connectivity index (χ1) is 18.7. The number of imide groups is 1. The molecule has 1 aromatic carbocycles. The molecule has 5 nitrogen and oxygen atoms in total. The maximum Gasteiger partial charge on any atom is 0.261 e. The molecule has 38 heavy (non-hydrogen) atoms. The van der Waals surface area contributed by atoms with Crippen molar-refractivity contribution in [2.24, 2.45) is 0 Å². The Bertz CT molecular complexity index is 735. The van der Waals surface area contributed by atoms with Crippen molar-refractivity contribution in [1.82, 2.24) is 4.90 Å². The Labute approximate surface area is 233 Å². The summed E-state index contributed by atoms with van der Waals surface area (Å²) >= 11 is 0. The number of rotatable bonds is 19. The van der Waals surface area contributed by atoms with Crippen LogP contribution < -0.4 is 0 Å². The molecule has 0 atom stereocenters. The second-order valence-electron chi connectivity index (χ2n) is 9.08. The molecule has 1 aliphatic rings. The Balaban J connectivity index is 0.00000208. The molecule has 5 heteroatoms. The lowest BCUT2D eigenvalue weighted by Crippen LogP contribution is -2.33. The maximum atomic E-state index is 12.3. The van der Waals surface area contributed by atoms with E-state index in [0.717, 1.165) is 19.4 Å². The van der Waals surface area contributed by atoms with Gasteiger partial charge in [0.2, 0.25) is 0 Å². The third-order valence-electron chi connectivity index (χ3n) is 6.12. The maximum absolute atomic E-state index is 12.3. The Hall–Kier alpha value is -2.24. The number of unbranched alkanes of at least 4 members (excludes halogenated alkanes) is 9. The van der Waals surface area contributed by atoms with Gasteiger partial charge in [-0.2, -0.15) is 0 Å². The van der Waals surface area contributed by atoms with Gasteiger partial charge in [-0.1, -0.05) is 95.7 Å². The van der Waals surface area contributed by atoms with E-state index in [9.17, 15) is 9.59 Å². The van der Waals surface area contributed by atoms with Gasteiger partial charge in [0.25, 0.3) is 11.8 Å². The lowest BCUT2D eigenvalue weighted by molar-refractivity contribution is 0.0559. The summed E-state index contributed by atoms with van der Waals surface area (Å²) < 4.78 is 10.2. The Morgan fingerprint density at radius 1 is 0.711 bits per heavy atom. The number of methoxy groups -OCH3 is 1. The molecule has 0 bridgehead atoms. The van der Waals surface area contributed by atoms with Gasteiger partial charge in [0.1, 0.15) is 0 Å². The number of carbonyl (C=O) groups is 2. The number of benzene rings is 1. The lowest BCUT2D eigenvalue weighted by Gasteiger charge is -2.13. The molecule has 0 aromatic heterocycles. The van der Waals surface area contributed by atoms with Crippen LogP contribution in [0.5, 0.6) is 0 Å². The van der Waals surface area contributed by atoms with Gasteiger partial charge in [0.05, 0.1) is 24.3 Å². The van der Waals surface area contributed by atoms with Gasteiger partial charge in [0, 0.05) is 20.3 Å². The summed E-state index contributed by atoms with van der Waals surface area (Å²) in [6.07, 6.45) is 23.9. The number of hydrogen-bond donors (Lipinski definition) is 0. The van der Waals surface area contributed by atoms with Crippen LogP contribution in [-0.2, 0) is 9.47 Å². The summed E-state index contributed by atoms with van der Waals surface area (Å²) in [4.78, 5) is 25.8. The van der Waals surface area contributed by atoms with Crippen LogP contribution in [0.25, 0.3) is 0 Å². The Morgan fingerprint density at radius 3 is 1.74 bits per heavy atom. The van der Waals surface area contributed by atoms with Gasteiger partial charge in [0.15, 0.2) is 0 Å². The molecule has 0 spiro atoms. The van der Waals surface area contributed by atoms with E-state index in [2.05, 4.69) is 36.0 Å². The first kappa shape index (κ1) is 35.8. The van der Waals surface area contributed by atoms with Crippen LogP contribution in [0.3, 0.4) is 0 Å². The number of nitrogens with zero attached hydrogens (tertiary/aromatic N) is 1. The minimum Gasteiger partial charge on any atom is -0.385 e. The van der Waals surface area contributed by atoms with Crippen molar-refractivity contribution in [1.29, 1.82) is 0 Å². The summed E-state index contributed by atoms with van der Waals surface area (Å²) in [5, 5.41) is 0. The zero-order valence-electron chi connectivity index (χ0n) is 25.0. The SMILES string of the molecule is CC.CCCCC/C=C\C/C=C\CCCCCCCCOCCN1C(=O)c2ccccc2C1=O.CCOC. The minimum atomic E-state index is -0.206. The monoisotopic (exact) mass is 529 g/mol. The van der Waals surface area contributed by atoms with E-state index in [1.54, 1.807) is 31.4 Å². The lowest BCUT2D eigenvalue weighted by atomic mass is 10.1. The zero-order valence-corrected chi connectivity index (χ0v) is 25.0. The molecule has 2 amide bonds.